The minimum absolute atomic E-state index is 0.229. The van der Waals surface area contributed by atoms with Crippen molar-refractivity contribution in [1.82, 2.24) is 25.3 Å². The summed E-state index contributed by atoms with van der Waals surface area (Å²) in [7, 11) is 0. The minimum Gasteiger partial charge on any atom is -0.361 e. The molecule has 0 bridgehead atoms. The Morgan fingerprint density at radius 3 is 2.89 bits per heavy atom. The second kappa shape index (κ2) is 7.63. The summed E-state index contributed by atoms with van der Waals surface area (Å²) in [4.78, 5) is 15.5. The number of hydrogen-bond acceptors (Lipinski definition) is 3. The standard InChI is InChI=1S/C20H18ClN5O/c21-16-6-7-18-17(10-16)15(11-23-18)8-9-22-20(27)19-13-26(25-24-19)12-14-4-2-1-3-5-14/h1-7,10-11,13,23H,8-9,12H2,(H,22,27). The Hall–Kier alpha value is -3.12. The fourth-order valence-electron chi connectivity index (χ4n) is 3.01. The van der Waals surface area contributed by atoms with Crippen molar-refractivity contribution >= 4 is 28.4 Å². The maximum Gasteiger partial charge on any atom is 0.273 e. The van der Waals surface area contributed by atoms with Gasteiger partial charge in [-0.15, -0.1) is 5.10 Å². The summed E-state index contributed by atoms with van der Waals surface area (Å²) < 4.78 is 1.66. The smallest absolute Gasteiger partial charge is 0.273 e. The van der Waals surface area contributed by atoms with Gasteiger partial charge in [-0.2, -0.15) is 0 Å². The highest BCUT2D eigenvalue weighted by Gasteiger charge is 2.11. The fourth-order valence-corrected chi connectivity index (χ4v) is 3.18. The molecule has 2 aromatic heterocycles. The Balaban J connectivity index is 1.35. The lowest BCUT2D eigenvalue weighted by atomic mass is 10.1. The van der Waals surface area contributed by atoms with Crippen LogP contribution in [0.3, 0.4) is 0 Å². The molecule has 27 heavy (non-hydrogen) atoms. The first kappa shape index (κ1) is 17.3. The van der Waals surface area contributed by atoms with E-state index in [2.05, 4.69) is 20.6 Å². The van der Waals surface area contributed by atoms with Gasteiger partial charge in [0.1, 0.15) is 0 Å². The Morgan fingerprint density at radius 1 is 1.19 bits per heavy atom. The quantitative estimate of drug-likeness (QED) is 0.539. The van der Waals surface area contributed by atoms with Gasteiger partial charge < -0.3 is 10.3 Å². The van der Waals surface area contributed by atoms with E-state index in [-0.39, 0.29) is 5.91 Å². The van der Waals surface area contributed by atoms with Crippen LogP contribution < -0.4 is 5.32 Å². The number of H-pyrrole nitrogens is 1. The van der Waals surface area contributed by atoms with Crippen LogP contribution in [0.15, 0.2) is 60.9 Å². The lowest BCUT2D eigenvalue weighted by Gasteiger charge is -2.03. The van der Waals surface area contributed by atoms with Gasteiger partial charge in [-0.25, -0.2) is 4.68 Å². The Labute approximate surface area is 161 Å². The molecule has 0 aliphatic rings. The molecular weight excluding hydrogens is 362 g/mol. The van der Waals surface area contributed by atoms with Gasteiger partial charge in [-0.3, -0.25) is 4.79 Å². The van der Waals surface area contributed by atoms with E-state index in [1.807, 2.05) is 54.7 Å². The molecule has 4 aromatic rings. The monoisotopic (exact) mass is 379 g/mol. The molecule has 0 fully saturated rings. The number of carbonyl (C=O) groups excluding carboxylic acids is 1. The second-order valence-corrected chi connectivity index (χ2v) is 6.73. The average Bonchev–Trinajstić information content (AvgIpc) is 3.30. The number of aromatic amines is 1. The molecule has 0 saturated carbocycles. The van der Waals surface area contributed by atoms with Crippen LogP contribution in [0.2, 0.25) is 5.02 Å². The van der Waals surface area contributed by atoms with Crippen LogP contribution in [0, 0.1) is 0 Å². The van der Waals surface area contributed by atoms with Crippen molar-refractivity contribution in [2.45, 2.75) is 13.0 Å². The van der Waals surface area contributed by atoms with Gasteiger partial charge in [0.15, 0.2) is 5.69 Å². The number of nitrogens with one attached hydrogen (secondary N) is 2. The summed E-state index contributed by atoms with van der Waals surface area (Å²) in [6.07, 6.45) is 4.31. The summed E-state index contributed by atoms with van der Waals surface area (Å²) in [6.45, 7) is 1.08. The molecule has 6 nitrogen and oxygen atoms in total. The maximum absolute atomic E-state index is 12.3. The van der Waals surface area contributed by atoms with Crippen molar-refractivity contribution in [3.63, 3.8) is 0 Å². The summed E-state index contributed by atoms with van der Waals surface area (Å²) in [5.74, 6) is -0.229. The van der Waals surface area contributed by atoms with Crippen molar-refractivity contribution in [2.75, 3.05) is 6.54 Å². The van der Waals surface area contributed by atoms with Crippen LogP contribution >= 0.6 is 11.6 Å². The van der Waals surface area contributed by atoms with Crippen molar-refractivity contribution in [3.8, 4) is 0 Å². The molecule has 0 atom stereocenters. The predicted molar refractivity (Wildman–Crippen MR) is 105 cm³/mol. The third-order valence-corrected chi connectivity index (χ3v) is 4.60. The zero-order valence-corrected chi connectivity index (χ0v) is 15.3. The number of benzene rings is 2. The highest BCUT2D eigenvalue weighted by molar-refractivity contribution is 6.31. The molecule has 0 saturated heterocycles. The van der Waals surface area contributed by atoms with Crippen molar-refractivity contribution in [3.05, 3.63) is 82.8 Å². The molecule has 0 unspecified atom stereocenters. The third-order valence-electron chi connectivity index (χ3n) is 4.37. The van der Waals surface area contributed by atoms with E-state index >= 15 is 0 Å². The van der Waals surface area contributed by atoms with E-state index in [1.54, 1.807) is 10.9 Å². The zero-order chi connectivity index (χ0) is 18.6. The number of nitrogens with zero attached hydrogens (tertiary/aromatic N) is 3. The molecule has 136 valence electrons. The van der Waals surface area contributed by atoms with Gasteiger partial charge in [0.05, 0.1) is 12.7 Å². The highest BCUT2D eigenvalue weighted by atomic mass is 35.5. The van der Waals surface area contributed by atoms with Gasteiger partial charge in [-0.05, 0) is 35.7 Å². The van der Waals surface area contributed by atoms with Crippen molar-refractivity contribution < 1.29 is 4.79 Å². The molecule has 0 aliphatic heterocycles. The maximum atomic E-state index is 12.3. The molecule has 2 heterocycles. The van der Waals surface area contributed by atoms with E-state index < -0.39 is 0 Å². The van der Waals surface area contributed by atoms with E-state index in [4.69, 9.17) is 11.6 Å². The first-order valence-electron chi connectivity index (χ1n) is 8.67. The van der Waals surface area contributed by atoms with E-state index in [1.165, 1.54) is 0 Å². The fraction of sp³-hybridized carbons (Fsp3) is 0.150. The first-order chi connectivity index (χ1) is 13.2. The first-order valence-corrected chi connectivity index (χ1v) is 9.04. The van der Waals surface area contributed by atoms with Crippen LogP contribution in [0.4, 0.5) is 0 Å². The van der Waals surface area contributed by atoms with Gasteiger partial charge >= 0.3 is 0 Å². The van der Waals surface area contributed by atoms with E-state index in [0.717, 1.165) is 22.0 Å². The summed E-state index contributed by atoms with van der Waals surface area (Å²) >= 11 is 6.07. The molecule has 0 radical (unpaired) electrons. The van der Waals surface area contributed by atoms with Crippen LogP contribution in [-0.4, -0.2) is 32.4 Å². The van der Waals surface area contributed by atoms with Crippen LogP contribution in [-0.2, 0) is 13.0 Å². The lowest BCUT2D eigenvalue weighted by Crippen LogP contribution is -2.26. The third kappa shape index (κ3) is 4.01. The van der Waals surface area contributed by atoms with Crippen molar-refractivity contribution in [2.24, 2.45) is 0 Å². The van der Waals surface area contributed by atoms with E-state index in [0.29, 0.717) is 30.2 Å². The summed E-state index contributed by atoms with van der Waals surface area (Å²) in [6, 6.07) is 15.7. The molecule has 4 rings (SSSR count). The number of fused-ring (bicyclic) bond motifs is 1. The summed E-state index contributed by atoms with van der Waals surface area (Å²) in [5, 5.41) is 12.7. The number of aromatic nitrogens is 4. The van der Waals surface area contributed by atoms with Crippen LogP contribution in [0.1, 0.15) is 21.6 Å². The molecule has 7 heteroatoms. The SMILES string of the molecule is O=C(NCCc1c[nH]c2ccc(Cl)cc12)c1cn(Cc2ccccc2)nn1. The Morgan fingerprint density at radius 2 is 2.04 bits per heavy atom. The summed E-state index contributed by atoms with van der Waals surface area (Å²) in [5.41, 5.74) is 3.56. The topological polar surface area (TPSA) is 75.6 Å². The number of amides is 1. The molecule has 0 aliphatic carbocycles. The predicted octanol–water partition coefficient (Wildman–Crippen LogP) is 3.43. The largest absolute Gasteiger partial charge is 0.361 e. The second-order valence-electron chi connectivity index (χ2n) is 6.30. The number of hydrogen-bond donors (Lipinski definition) is 2. The van der Waals surface area contributed by atoms with Crippen LogP contribution in [0.25, 0.3) is 10.9 Å². The number of rotatable bonds is 6. The molecule has 1 amide bonds. The molecule has 2 N–H and O–H groups in total. The van der Waals surface area contributed by atoms with E-state index in [9.17, 15) is 4.79 Å². The van der Waals surface area contributed by atoms with Crippen molar-refractivity contribution in [1.29, 1.82) is 0 Å². The minimum atomic E-state index is -0.229. The lowest BCUT2D eigenvalue weighted by molar-refractivity contribution is 0.0949. The highest BCUT2D eigenvalue weighted by Crippen LogP contribution is 2.22. The molecular formula is C20H18ClN5O. The Kier molecular flexibility index (Phi) is 4.89. The number of carbonyl (C=O) groups is 1. The normalized spacial score (nSPS) is 11.0. The average molecular weight is 380 g/mol. The molecule has 2 aromatic carbocycles. The van der Waals surface area contributed by atoms with Gasteiger partial charge in [0, 0.05) is 28.7 Å². The zero-order valence-electron chi connectivity index (χ0n) is 14.5. The molecule has 0 spiro atoms. The van der Waals surface area contributed by atoms with Crippen LogP contribution in [0.5, 0.6) is 0 Å². The van der Waals surface area contributed by atoms with Gasteiger partial charge in [-0.1, -0.05) is 47.1 Å². The Bertz CT molecular complexity index is 1070. The van der Waals surface area contributed by atoms with Gasteiger partial charge in [0.2, 0.25) is 0 Å². The number of halogens is 1. The van der Waals surface area contributed by atoms with Gasteiger partial charge in [0.25, 0.3) is 5.91 Å².